The molecule has 2 saturated heterocycles. The molecule has 1 spiro atoms. The van der Waals surface area contributed by atoms with Gasteiger partial charge in [-0.25, -0.2) is 4.90 Å². The maximum Gasteiger partial charge on any atom is 0.267 e. The molecule has 0 radical (unpaired) electrons. The van der Waals surface area contributed by atoms with Crippen molar-refractivity contribution >= 4 is 28.4 Å². The maximum atomic E-state index is 14.3. The first kappa shape index (κ1) is 23.5. The van der Waals surface area contributed by atoms with Crippen LogP contribution in [0.1, 0.15) is 52.4 Å². The Morgan fingerprint density at radius 1 is 1.08 bits per heavy atom. The Balaban J connectivity index is 1.32. The highest BCUT2D eigenvalue weighted by Gasteiger charge is 2.51. The van der Waals surface area contributed by atoms with E-state index in [1.165, 1.54) is 4.90 Å². The summed E-state index contributed by atoms with van der Waals surface area (Å²) >= 11 is 0. The number of benzene rings is 2. The number of piperidine rings is 1. The van der Waals surface area contributed by atoms with Gasteiger partial charge in [-0.1, -0.05) is 0 Å². The lowest BCUT2D eigenvalue weighted by atomic mass is 9.94. The van der Waals surface area contributed by atoms with Crippen molar-refractivity contribution in [2.75, 3.05) is 51.4 Å². The third-order valence-corrected chi connectivity index (χ3v) is 8.28. The predicted octanol–water partition coefficient (Wildman–Crippen LogP) is 3.58. The number of nitrogens with one attached hydrogen (secondary N) is 1. The minimum absolute atomic E-state index is 0.315. The van der Waals surface area contributed by atoms with Gasteiger partial charge in [0.2, 0.25) is 0 Å². The fourth-order valence-electron chi connectivity index (χ4n) is 6.09. The van der Waals surface area contributed by atoms with Crippen LogP contribution < -0.4 is 19.7 Å². The zero-order valence-electron chi connectivity index (χ0n) is 21.6. The molecule has 4 aliphatic rings. The van der Waals surface area contributed by atoms with Crippen LogP contribution in [0.25, 0.3) is 10.9 Å². The lowest BCUT2D eigenvalue weighted by molar-refractivity contribution is -0.0776. The second-order valence-corrected chi connectivity index (χ2v) is 10.6. The van der Waals surface area contributed by atoms with Crippen molar-refractivity contribution in [1.29, 1.82) is 0 Å². The number of morpholine rings is 1. The molecule has 2 amide bonds. The molecule has 198 valence electrons. The van der Waals surface area contributed by atoms with Crippen LogP contribution in [0.5, 0.6) is 11.5 Å². The third-order valence-electron chi connectivity index (χ3n) is 8.28. The average molecular weight is 517 g/mol. The van der Waals surface area contributed by atoms with E-state index in [2.05, 4.69) is 21.0 Å². The number of carbonyl (C=O) groups is 2. The molecule has 1 aliphatic carbocycles. The molecule has 3 aromatic rings. The van der Waals surface area contributed by atoms with Crippen LogP contribution in [0.4, 0.5) is 5.69 Å². The number of anilines is 1. The molecule has 38 heavy (non-hydrogen) atoms. The SMILES string of the molecule is COc1cc(C(=O)N2C(=O)c3cc(N4CCOCC4)ccc3OC23CCNCC3)cc2c1ccn2C1CC1. The summed E-state index contributed by atoms with van der Waals surface area (Å²) in [4.78, 5) is 32.1. The molecule has 1 saturated carbocycles. The summed E-state index contributed by atoms with van der Waals surface area (Å²) in [6, 6.07) is 11.9. The third kappa shape index (κ3) is 3.75. The van der Waals surface area contributed by atoms with Crippen LogP contribution in [0, 0.1) is 0 Å². The minimum atomic E-state index is -1.03. The van der Waals surface area contributed by atoms with E-state index in [4.69, 9.17) is 14.2 Å². The van der Waals surface area contributed by atoms with Crippen molar-refractivity contribution in [3.8, 4) is 11.5 Å². The van der Waals surface area contributed by atoms with Gasteiger partial charge in [-0.3, -0.25) is 9.59 Å². The number of hydrogen-bond acceptors (Lipinski definition) is 7. The highest BCUT2D eigenvalue weighted by atomic mass is 16.5. The smallest absolute Gasteiger partial charge is 0.267 e. The highest BCUT2D eigenvalue weighted by molar-refractivity contribution is 6.14. The summed E-state index contributed by atoms with van der Waals surface area (Å²) in [5.74, 6) is 0.492. The number of amides is 2. The van der Waals surface area contributed by atoms with Gasteiger partial charge in [0.15, 0.2) is 5.72 Å². The molecule has 4 heterocycles. The van der Waals surface area contributed by atoms with E-state index in [0.717, 1.165) is 42.5 Å². The fourth-order valence-corrected chi connectivity index (χ4v) is 6.09. The monoisotopic (exact) mass is 516 g/mol. The second kappa shape index (κ2) is 9.03. The van der Waals surface area contributed by atoms with Crippen molar-refractivity contribution in [2.45, 2.75) is 37.5 Å². The van der Waals surface area contributed by atoms with E-state index in [1.807, 2.05) is 30.3 Å². The summed E-state index contributed by atoms with van der Waals surface area (Å²) in [5.41, 5.74) is 1.70. The number of aromatic nitrogens is 1. The molecule has 2 aromatic carbocycles. The lowest BCUT2D eigenvalue weighted by Crippen LogP contribution is -2.64. The first-order valence-corrected chi connectivity index (χ1v) is 13.5. The number of fused-ring (bicyclic) bond motifs is 2. The summed E-state index contributed by atoms with van der Waals surface area (Å²) in [6.45, 7) is 4.12. The molecular formula is C29H32N4O5. The summed E-state index contributed by atoms with van der Waals surface area (Å²) in [7, 11) is 1.62. The molecule has 0 bridgehead atoms. The molecule has 3 fully saturated rings. The van der Waals surface area contributed by atoms with Gasteiger partial charge in [0.05, 0.1) is 31.4 Å². The Kier molecular flexibility index (Phi) is 5.59. The van der Waals surface area contributed by atoms with Gasteiger partial charge >= 0.3 is 0 Å². The van der Waals surface area contributed by atoms with Crippen molar-refractivity contribution in [2.24, 2.45) is 0 Å². The van der Waals surface area contributed by atoms with Crippen molar-refractivity contribution < 1.29 is 23.8 Å². The molecule has 1 aromatic heterocycles. The van der Waals surface area contributed by atoms with Gasteiger partial charge in [0.25, 0.3) is 11.8 Å². The predicted molar refractivity (Wildman–Crippen MR) is 142 cm³/mol. The van der Waals surface area contributed by atoms with E-state index >= 15 is 0 Å². The topological polar surface area (TPSA) is 85.3 Å². The number of methoxy groups -OCH3 is 1. The number of rotatable bonds is 4. The van der Waals surface area contributed by atoms with E-state index in [0.29, 0.717) is 67.8 Å². The summed E-state index contributed by atoms with van der Waals surface area (Å²) in [5, 5.41) is 4.31. The number of carbonyl (C=O) groups excluding carboxylic acids is 2. The Morgan fingerprint density at radius 2 is 1.87 bits per heavy atom. The van der Waals surface area contributed by atoms with E-state index in [-0.39, 0.29) is 11.8 Å². The molecule has 0 atom stereocenters. The molecule has 7 rings (SSSR count). The van der Waals surface area contributed by atoms with Crippen molar-refractivity contribution in [1.82, 2.24) is 14.8 Å². The number of imide groups is 1. The standard InChI is InChI=1S/C29H32N4O5/c1-36-26-17-19(16-24-22(26)6-11-32(24)20-2-3-20)27(34)33-28(35)23-18-21(31-12-14-37-15-13-31)4-5-25(23)38-29(33)7-9-30-10-8-29/h4-6,11,16-18,20,30H,2-3,7-10,12-15H2,1H3. The van der Waals surface area contributed by atoms with Crippen LogP contribution >= 0.6 is 0 Å². The first-order chi connectivity index (χ1) is 18.6. The van der Waals surface area contributed by atoms with Gasteiger partial charge in [-0.2, -0.15) is 0 Å². The molecular weight excluding hydrogens is 484 g/mol. The van der Waals surface area contributed by atoms with Gasteiger partial charge in [-0.15, -0.1) is 0 Å². The van der Waals surface area contributed by atoms with Gasteiger partial charge in [-0.05, 0) is 49.2 Å². The molecule has 0 unspecified atom stereocenters. The Labute approximate surface area is 221 Å². The first-order valence-electron chi connectivity index (χ1n) is 13.5. The Bertz CT molecular complexity index is 1420. The van der Waals surface area contributed by atoms with Crippen LogP contribution in [-0.2, 0) is 4.74 Å². The maximum absolute atomic E-state index is 14.3. The van der Waals surface area contributed by atoms with Crippen molar-refractivity contribution in [3.63, 3.8) is 0 Å². The van der Waals surface area contributed by atoms with Crippen LogP contribution in [-0.4, -0.2) is 73.5 Å². The fraction of sp³-hybridized carbons (Fsp3) is 0.448. The quantitative estimate of drug-likeness (QED) is 0.531. The van der Waals surface area contributed by atoms with Crippen LogP contribution in [0.3, 0.4) is 0 Å². The highest BCUT2D eigenvalue weighted by Crippen LogP contribution is 2.43. The minimum Gasteiger partial charge on any atom is -0.496 e. The van der Waals surface area contributed by atoms with E-state index in [9.17, 15) is 9.59 Å². The molecule has 9 heteroatoms. The Hall–Kier alpha value is -3.56. The average Bonchev–Trinajstić information content (AvgIpc) is 3.71. The largest absolute Gasteiger partial charge is 0.496 e. The lowest BCUT2D eigenvalue weighted by Gasteiger charge is -2.48. The molecule has 3 aliphatic heterocycles. The second-order valence-electron chi connectivity index (χ2n) is 10.6. The van der Waals surface area contributed by atoms with Crippen LogP contribution in [0.15, 0.2) is 42.6 Å². The Morgan fingerprint density at radius 3 is 2.61 bits per heavy atom. The van der Waals surface area contributed by atoms with Gasteiger partial charge < -0.3 is 29.0 Å². The summed E-state index contributed by atoms with van der Waals surface area (Å²) < 4.78 is 20.0. The molecule has 1 N–H and O–H groups in total. The number of ether oxygens (including phenoxy) is 3. The summed E-state index contributed by atoms with van der Waals surface area (Å²) in [6.07, 6.45) is 5.36. The van der Waals surface area contributed by atoms with Gasteiger partial charge in [0, 0.05) is 67.9 Å². The number of hydrogen-bond donors (Lipinski definition) is 1. The van der Waals surface area contributed by atoms with Crippen molar-refractivity contribution in [3.05, 3.63) is 53.7 Å². The zero-order chi connectivity index (χ0) is 25.9. The van der Waals surface area contributed by atoms with E-state index in [1.54, 1.807) is 13.2 Å². The van der Waals surface area contributed by atoms with Crippen LogP contribution in [0.2, 0.25) is 0 Å². The number of nitrogens with zero attached hydrogens (tertiary/aromatic N) is 3. The normalized spacial score (nSPS) is 20.9. The molecule has 9 nitrogen and oxygen atoms in total. The zero-order valence-corrected chi connectivity index (χ0v) is 21.6. The van der Waals surface area contributed by atoms with E-state index < -0.39 is 5.72 Å². The van der Waals surface area contributed by atoms with Gasteiger partial charge in [0.1, 0.15) is 11.5 Å².